The summed E-state index contributed by atoms with van der Waals surface area (Å²) in [4.78, 5) is 23.5. The molecule has 0 bridgehead atoms. The lowest BCUT2D eigenvalue weighted by molar-refractivity contribution is -0.132. The summed E-state index contributed by atoms with van der Waals surface area (Å²) in [5, 5.41) is 10.8. The van der Waals surface area contributed by atoms with Crippen molar-refractivity contribution in [3.63, 3.8) is 0 Å². The van der Waals surface area contributed by atoms with E-state index in [2.05, 4.69) is 4.74 Å². The molecular weight excluding hydrogens is 414 g/mol. The quantitative estimate of drug-likeness (QED) is 0.554. The van der Waals surface area contributed by atoms with E-state index < -0.39 is 64.7 Å². The molecule has 1 aliphatic rings. The van der Waals surface area contributed by atoms with Crippen molar-refractivity contribution in [1.29, 1.82) is 0 Å². The van der Waals surface area contributed by atoms with Crippen LogP contribution in [0.5, 0.6) is 5.75 Å². The van der Waals surface area contributed by atoms with Gasteiger partial charge < -0.3 is 15.2 Å². The van der Waals surface area contributed by atoms with Crippen molar-refractivity contribution in [1.82, 2.24) is 0 Å². The molecule has 3 rings (SSSR count). The summed E-state index contributed by atoms with van der Waals surface area (Å²) in [7, 11) is -3.01. The number of benzene rings is 2. The Morgan fingerprint density at radius 1 is 1.07 bits per heavy atom. The van der Waals surface area contributed by atoms with Crippen molar-refractivity contribution in [3.05, 3.63) is 58.7 Å². The molecule has 152 valence electrons. The normalized spacial score (nSPS) is 15.5. The number of anilines is 1. The number of carboxylic acid groups (broad SMARTS) is 1. The van der Waals surface area contributed by atoms with Gasteiger partial charge in [-0.2, -0.15) is 11.8 Å². The molecule has 0 spiro atoms. The van der Waals surface area contributed by atoms with E-state index in [4.69, 9.17) is 9.22 Å². The topological polar surface area (TPSA) is 75.6 Å². The molecule has 5 nitrogen and oxygen atoms in total. The fourth-order valence-electron chi connectivity index (χ4n) is 2.75. The number of halogens is 4. The summed E-state index contributed by atoms with van der Waals surface area (Å²) in [5.41, 5.74) is -3.83. The van der Waals surface area contributed by atoms with Gasteiger partial charge in [0.1, 0.15) is 11.4 Å². The van der Waals surface area contributed by atoms with Crippen LogP contribution in [0.1, 0.15) is 4.11 Å². The minimum absolute atomic E-state index is 0.0228. The lowest BCUT2D eigenvalue weighted by Crippen LogP contribution is -2.21. The number of hydrogen-bond donors (Lipinski definition) is 2. The second-order valence-corrected chi connectivity index (χ2v) is 6.80. The summed E-state index contributed by atoms with van der Waals surface area (Å²) in [6.07, 6.45) is 0. The van der Waals surface area contributed by atoms with Gasteiger partial charge in [0.2, 0.25) is 0 Å². The van der Waals surface area contributed by atoms with Gasteiger partial charge in [-0.1, -0.05) is 18.2 Å². The second-order valence-electron chi connectivity index (χ2n) is 5.81. The van der Waals surface area contributed by atoms with Gasteiger partial charge in [-0.25, -0.2) is 22.4 Å². The highest BCUT2D eigenvalue weighted by Crippen LogP contribution is 2.39. The third-order valence-electron chi connectivity index (χ3n) is 4.16. The minimum atomic E-state index is -3.01. The number of methoxy groups -OCH3 is 1. The fraction of sp³-hybridized carbons (Fsp3) is 0.158. The molecule has 0 aromatic heterocycles. The van der Waals surface area contributed by atoms with Gasteiger partial charge in [-0.05, 0) is 6.07 Å². The van der Waals surface area contributed by atoms with E-state index in [0.29, 0.717) is 0 Å². The summed E-state index contributed by atoms with van der Waals surface area (Å²) in [5.74, 6) is -11.0. The van der Waals surface area contributed by atoms with E-state index in [0.717, 1.165) is 23.9 Å². The summed E-state index contributed by atoms with van der Waals surface area (Å²) < 4.78 is 85.0. The molecule has 0 unspecified atom stereocenters. The van der Waals surface area contributed by atoms with E-state index in [1.165, 1.54) is 12.1 Å². The van der Waals surface area contributed by atoms with Gasteiger partial charge in [0.25, 0.3) is 5.91 Å². The number of rotatable bonds is 5. The van der Waals surface area contributed by atoms with E-state index >= 15 is 0 Å². The fourth-order valence-corrected chi connectivity index (χ4v) is 3.87. The molecule has 29 heavy (non-hydrogen) atoms. The molecule has 10 heteroatoms. The Kier molecular flexibility index (Phi) is 4.75. The molecule has 1 aliphatic heterocycles. The Labute approximate surface area is 170 Å². The van der Waals surface area contributed by atoms with Crippen molar-refractivity contribution in [3.8, 4) is 16.9 Å². The van der Waals surface area contributed by atoms with E-state index in [9.17, 15) is 27.2 Å². The van der Waals surface area contributed by atoms with E-state index in [-0.39, 0.29) is 22.7 Å². The molecule has 2 aromatic rings. The summed E-state index contributed by atoms with van der Waals surface area (Å²) in [6, 6.07) is 4.57. The molecule has 0 radical (unpaired) electrons. The first-order valence-corrected chi connectivity index (χ1v) is 9.06. The van der Waals surface area contributed by atoms with Gasteiger partial charge in [-0.15, -0.1) is 0 Å². The Balaban J connectivity index is 2.08. The smallest absolute Gasteiger partial charge is 0.332 e. The molecule has 0 aliphatic carbocycles. The van der Waals surface area contributed by atoms with Crippen LogP contribution in [0.4, 0.5) is 23.2 Å². The summed E-state index contributed by atoms with van der Waals surface area (Å²) >= 11 is 1.07. The van der Waals surface area contributed by atoms with Crippen LogP contribution >= 0.6 is 11.8 Å². The average molecular weight is 430 g/mol. The van der Waals surface area contributed by atoms with Crippen LogP contribution < -0.4 is 10.1 Å². The zero-order valence-electron chi connectivity index (χ0n) is 17.3. The Hall–Kier alpha value is -3.01. The van der Waals surface area contributed by atoms with Gasteiger partial charge in [0, 0.05) is 22.6 Å². The van der Waals surface area contributed by atoms with Crippen molar-refractivity contribution in [2.24, 2.45) is 0 Å². The number of carboxylic acids is 1. The molecule has 1 amide bonds. The Bertz CT molecular complexity index is 1130. The maximum Gasteiger partial charge on any atom is 0.332 e. The number of carbonyl (C=O) groups is 2. The number of hydrogen-bond acceptors (Lipinski definition) is 4. The van der Waals surface area contributed by atoms with Gasteiger partial charge >= 0.3 is 5.97 Å². The number of para-hydroxylation sites is 1. The second kappa shape index (κ2) is 8.16. The standard InChI is InChI=1S/C19H13F4NO4S/c1-28-11-5-3-2-4-8(11)12-13(20)15(22)17(16(23)14(12)21)24-18(25)9-6-29-7-10(9)19(26)27/h2-5H,6-7H2,1H3,(H,24,25)(H,26,27)/i1D3. The highest BCUT2D eigenvalue weighted by molar-refractivity contribution is 8.00. The first kappa shape index (κ1) is 16.9. The van der Waals surface area contributed by atoms with Gasteiger partial charge in [-0.3, -0.25) is 4.79 Å². The maximum absolute atomic E-state index is 14.8. The first-order chi connectivity index (χ1) is 14.9. The van der Waals surface area contributed by atoms with Crippen LogP contribution in [0.2, 0.25) is 0 Å². The Morgan fingerprint density at radius 2 is 1.69 bits per heavy atom. The highest BCUT2D eigenvalue weighted by Gasteiger charge is 2.31. The highest BCUT2D eigenvalue weighted by atomic mass is 32.2. The number of carbonyl (C=O) groups excluding carboxylic acids is 1. The van der Waals surface area contributed by atoms with Crippen LogP contribution in [0.15, 0.2) is 35.4 Å². The SMILES string of the molecule is [2H]C([2H])([2H])Oc1ccccc1-c1c(F)c(F)c(NC(=O)C2=C(C(=O)O)CSC2)c(F)c1F. The molecule has 2 N–H and O–H groups in total. The molecule has 0 saturated carbocycles. The number of thioether (sulfide) groups is 1. The van der Waals surface area contributed by atoms with Crippen LogP contribution in [0.3, 0.4) is 0 Å². The largest absolute Gasteiger partial charge is 0.496 e. The predicted molar refractivity (Wildman–Crippen MR) is 98.9 cm³/mol. The van der Waals surface area contributed by atoms with Crippen LogP contribution in [-0.2, 0) is 9.59 Å². The molecular formula is C19H13F4NO4S. The van der Waals surface area contributed by atoms with Crippen LogP contribution in [0, 0.1) is 23.3 Å². The van der Waals surface area contributed by atoms with Crippen molar-refractivity contribution >= 4 is 29.3 Å². The van der Waals surface area contributed by atoms with Crippen LogP contribution in [-0.4, -0.2) is 35.5 Å². The zero-order valence-corrected chi connectivity index (χ0v) is 15.1. The number of nitrogens with one attached hydrogen (secondary N) is 1. The molecule has 0 atom stereocenters. The number of aliphatic carboxylic acids is 1. The Morgan fingerprint density at radius 3 is 2.31 bits per heavy atom. The van der Waals surface area contributed by atoms with Gasteiger partial charge in [0.15, 0.2) is 23.3 Å². The minimum Gasteiger partial charge on any atom is -0.496 e. The van der Waals surface area contributed by atoms with Gasteiger partial charge in [0.05, 0.1) is 22.3 Å². The van der Waals surface area contributed by atoms with E-state index in [1.54, 1.807) is 5.32 Å². The zero-order chi connectivity index (χ0) is 23.8. The number of amides is 1. The van der Waals surface area contributed by atoms with Crippen molar-refractivity contribution in [2.75, 3.05) is 23.9 Å². The van der Waals surface area contributed by atoms with Crippen molar-refractivity contribution in [2.45, 2.75) is 0 Å². The van der Waals surface area contributed by atoms with Crippen LogP contribution in [0.25, 0.3) is 11.1 Å². The third-order valence-corrected chi connectivity index (χ3v) is 5.14. The number of ether oxygens (including phenoxy) is 1. The predicted octanol–water partition coefficient (Wildman–Crippen LogP) is 3.99. The molecule has 0 saturated heterocycles. The third kappa shape index (κ3) is 3.67. The maximum atomic E-state index is 14.8. The van der Waals surface area contributed by atoms with E-state index in [1.807, 2.05) is 0 Å². The lowest BCUT2D eigenvalue weighted by Gasteiger charge is -2.15. The summed E-state index contributed by atoms with van der Waals surface area (Å²) in [6.45, 7) is 0. The molecule has 2 aromatic carbocycles. The first-order valence-electron chi connectivity index (χ1n) is 9.41. The molecule has 0 fully saturated rings. The average Bonchev–Trinajstić information content (AvgIpc) is 3.20. The molecule has 1 heterocycles. The lowest BCUT2D eigenvalue weighted by atomic mass is 10.0. The monoisotopic (exact) mass is 430 g/mol. The van der Waals surface area contributed by atoms with Crippen molar-refractivity contribution < 1.29 is 41.1 Å².